The minimum Gasteiger partial charge on any atom is -0.466 e. The number of amides is 2. The van der Waals surface area contributed by atoms with Gasteiger partial charge in [-0.05, 0) is 36.8 Å². The van der Waals surface area contributed by atoms with E-state index < -0.39 is 5.97 Å². The van der Waals surface area contributed by atoms with Crippen molar-refractivity contribution >= 4 is 40.8 Å². The maximum absolute atomic E-state index is 12.5. The molecule has 8 nitrogen and oxygen atoms in total. The molecule has 1 aromatic carbocycles. The number of ether oxygens (including phenoxy) is 2. The van der Waals surface area contributed by atoms with Crippen molar-refractivity contribution in [2.24, 2.45) is 0 Å². The molecule has 152 valence electrons. The zero-order valence-electron chi connectivity index (χ0n) is 15.9. The predicted molar refractivity (Wildman–Crippen MR) is 108 cm³/mol. The highest BCUT2D eigenvalue weighted by Gasteiger charge is 2.18. The molecule has 2 rings (SSSR count). The minimum atomic E-state index is -0.412. The highest BCUT2D eigenvalue weighted by atomic mass is 32.1. The van der Waals surface area contributed by atoms with E-state index >= 15 is 0 Å². The number of anilines is 1. The van der Waals surface area contributed by atoms with Crippen LogP contribution in [0, 0.1) is 0 Å². The van der Waals surface area contributed by atoms with Crippen LogP contribution in [0.3, 0.4) is 0 Å². The Morgan fingerprint density at radius 3 is 2.68 bits per heavy atom. The number of thiocarbonyl (C=S) groups is 1. The van der Waals surface area contributed by atoms with E-state index in [2.05, 4.69) is 10.6 Å². The molecular formula is C19H25N3O5S. The Balaban J connectivity index is 1.82. The van der Waals surface area contributed by atoms with Crippen LogP contribution in [0.4, 0.5) is 5.69 Å². The molecule has 0 bridgehead atoms. The summed E-state index contributed by atoms with van der Waals surface area (Å²) in [6, 6.07) is 6.89. The summed E-state index contributed by atoms with van der Waals surface area (Å²) < 4.78 is 10.2. The molecule has 1 aromatic rings. The predicted octanol–water partition coefficient (Wildman–Crippen LogP) is 1.71. The van der Waals surface area contributed by atoms with Crippen LogP contribution in [0.2, 0.25) is 0 Å². The zero-order chi connectivity index (χ0) is 20.4. The Morgan fingerprint density at radius 1 is 1.21 bits per heavy atom. The number of nitrogens with zero attached hydrogens (tertiary/aromatic N) is 1. The van der Waals surface area contributed by atoms with Crippen molar-refractivity contribution in [1.29, 1.82) is 0 Å². The molecular weight excluding hydrogens is 382 g/mol. The van der Waals surface area contributed by atoms with Crippen LogP contribution < -0.4 is 10.6 Å². The molecule has 0 radical (unpaired) electrons. The Kier molecular flexibility index (Phi) is 8.83. The fraction of sp³-hybridized carbons (Fsp3) is 0.474. The largest absolute Gasteiger partial charge is 0.466 e. The van der Waals surface area contributed by atoms with Crippen molar-refractivity contribution < 1.29 is 23.9 Å². The number of esters is 1. The summed E-state index contributed by atoms with van der Waals surface area (Å²) in [5, 5.41) is 5.49. The van der Waals surface area contributed by atoms with Crippen LogP contribution >= 0.6 is 12.2 Å². The van der Waals surface area contributed by atoms with E-state index in [4.69, 9.17) is 21.7 Å². The summed E-state index contributed by atoms with van der Waals surface area (Å²) in [6.45, 7) is 4.43. The van der Waals surface area contributed by atoms with Gasteiger partial charge >= 0.3 is 5.97 Å². The molecule has 9 heteroatoms. The summed E-state index contributed by atoms with van der Waals surface area (Å²) in [7, 11) is 0. The van der Waals surface area contributed by atoms with Crippen LogP contribution in [0.5, 0.6) is 0 Å². The molecule has 0 unspecified atom stereocenters. The first-order chi connectivity index (χ1) is 13.5. The van der Waals surface area contributed by atoms with Crippen molar-refractivity contribution in [2.75, 3.05) is 38.2 Å². The first-order valence-corrected chi connectivity index (χ1v) is 9.64. The Labute approximate surface area is 169 Å². The van der Waals surface area contributed by atoms with E-state index in [0.29, 0.717) is 44.2 Å². The summed E-state index contributed by atoms with van der Waals surface area (Å²) in [5.74, 6) is -0.871. The van der Waals surface area contributed by atoms with Crippen LogP contribution in [-0.2, 0) is 19.1 Å². The lowest BCUT2D eigenvalue weighted by Gasteiger charge is -2.27. The summed E-state index contributed by atoms with van der Waals surface area (Å²) >= 11 is 5.13. The van der Waals surface area contributed by atoms with Gasteiger partial charge in [0, 0.05) is 30.8 Å². The van der Waals surface area contributed by atoms with Gasteiger partial charge in [0.15, 0.2) is 5.11 Å². The summed E-state index contributed by atoms with van der Waals surface area (Å²) in [6.07, 6.45) is 0.719. The second-order valence-electron chi connectivity index (χ2n) is 6.21. The zero-order valence-corrected chi connectivity index (χ0v) is 16.7. The SMILES string of the molecule is CCCOC(=O)CCC(=O)NC(=S)Nc1cccc(C(=O)N2CCOCC2)c1. The molecule has 2 N–H and O–H groups in total. The number of hydrogen-bond donors (Lipinski definition) is 2. The van der Waals surface area contributed by atoms with Crippen LogP contribution in [0.25, 0.3) is 0 Å². The smallest absolute Gasteiger partial charge is 0.306 e. The Bertz CT molecular complexity index is 719. The maximum Gasteiger partial charge on any atom is 0.306 e. The van der Waals surface area contributed by atoms with Crippen molar-refractivity contribution in [1.82, 2.24) is 10.2 Å². The number of morpholine rings is 1. The highest BCUT2D eigenvalue weighted by Crippen LogP contribution is 2.14. The van der Waals surface area contributed by atoms with Crippen LogP contribution in [-0.4, -0.2) is 60.7 Å². The highest BCUT2D eigenvalue weighted by molar-refractivity contribution is 7.80. The van der Waals surface area contributed by atoms with E-state index in [-0.39, 0.29) is 29.8 Å². The standard InChI is InChI=1S/C19H25N3O5S/c1-2-10-27-17(24)7-6-16(23)21-19(28)20-15-5-3-4-14(13-15)18(25)22-8-11-26-12-9-22/h3-5,13H,2,6-12H2,1H3,(H2,20,21,23,28). The second kappa shape index (κ2) is 11.4. The summed E-state index contributed by atoms with van der Waals surface area (Å²) in [4.78, 5) is 37.6. The molecule has 0 atom stereocenters. The third-order valence-corrected chi connectivity index (χ3v) is 4.15. The van der Waals surface area contributed by atoms with Gasteiger partial charge in [-0.15, -0.1) is 0 Å². The van der Waals surface area contributed by atoms with Crippen molar-refractivity contribution in [3.8, 4) is 0 Å². The van der Waals surface area contributed by atoms with E-state index in [1.54, 1.807) is 29.2 Å². The van der Waals surface area contributed by atoms with Gasteiger partial charge in [0.1, 0.15) is 0 Å². The van der Waals surface area contributed by atoms with Gasteiger partial charge in [-0.2, -0.15) is 0 Å². The molecule has 0 aromatic heterocycles. The molecule has 1 heterocycles. The topological polar surface area (TPSA) is 97.0 Å². The molecule has 0 spiro atoms. The van der Waals surface area contributed by atoms with Crippen molar-refractivity contribution in [3.05, 3.63) is 29.8 Å². The van der Waals surface area contributed by atoms with Gasteiger partial charge in [-0.3, -0.25) is 14.4 Å². The molecule has 28 heavy (non-hydrogen) atoms. The summed E-state index contributed by atoms with van der Waals surface area (Å²) in [5.41, 5.74) is 1.12. The number of nitrogens with one attached hydrogen (secondary N) is 2. The molecule has 1 saturated heterocycles. The number of carbonyl (C=O) groups is 3. The van der Waals surface area contributed by atoms with Gasteiger partial charge < -0.3 is 25.0 Å². The average molecular weight is 407 g/mol. The monoisotopic (exact) mass is 407 g/mol. The van der Waals surface area contributed by atoms with Gasteiger partial charge in [0.2, 0.25) is 5.91 Å². The van der Waals surface area contributed by atoms with Crippen LogP contribution in [0.1, 0.15) is 36.5 Å². The van der Waals surface area contributed by atoms with Gasteiger partial charge in [0.25, 0.3) is 5.91 Å². The maximum atomic E-state index is 12.5. The van der Waals surface area contributed by atoms with E-state index in [1.807, 2.05) is 6.92 Å². The Hall–Kier alpha value is -2.52. The lowest BCUT2D eigenvalue weighted by molar-refractivity contribution is -0.144. The molecule has 1 aliphatic rings. The quantitative estimate of drug-likeness (QED) is 0.525. The number of carbonyl (C=O) groups excluding carboxylic acids is 3. The van der Waals surface area contributed by atoms with E-state index in [0.717, 1.165) is 6.42 Å². The molecule has 1 fully saturated rings. The number of benzene rings is 1. The Morgan fingerprint density at radius 2 is 1.96 bits per heavy atom. The lowest BCUT2D eigenvalue weighted by Crippen LogP contribution is -2.40. The van der Waals surface area contributed by atoms with E-state index in [9.17, 15) is 14.4 Å². The first kappa shape index (κ1) is 21.8. The third kappa shape index (κ3) is 7.24. The fourth-order valence-electron chi connectivity index (χ4n) is 2.53. The minimum absolute atomic E-state index is 0.00200. The van der Waals surface area contributed by atoms with Gasteiger partial charge in [-0.1, -0.05) is 13.0 Å². The normalized spacial score (nSPS) is 13.5. The lowest BCUT2D eigenvalue weighted by atomic mass is 10.1. The fourth-order valence-corrected chi connectivity index (χ4v) is 2.77. The first-order valence-electron chi connectivity index (χ1n) is 9.23. The second-order valence-corrected chi connectivity index (χ2v) is 6.62. The number of rotatable bonds is 7. The molecule has 2 amide bonds. The van der Waals surface area contributed by atoms with Crippen molar-refractivity contribution in [3.63, 3.8) is 0 Å². The molecule has 1 aliphatic heterocycles. The molecule has 0 aliphatic carbocycles. The third-order valence-electron chi connectivity index (χ3n) is 3.94. The van der Waals surface area contributed by atoms with Crippen LogP contribution in [0.15, 0.2) is 24.3 Å². The molecule has 0 saturated carbocycles. The van der Waals surface area contributed by atoms with Gasteiger partial charge in [-0.25, -0.2) is 0 Å². The van der Waals surface area contributed by atoms with E-state index in [1.165, 1.54) is 0 Å². The number of hydrogen-bond acceptors (Lipinski definition) is 6. The average Bonchev–Trinajstić information content (AvgIpc) is 2.70. The van der Waals surface area contributed by atoms with Crippen molar-refractivity contribution in [2.45, 2.75) is 26.2 Å². The van der Waals surface area contributed by atoms with Gasteiger partial charge in [0.05, 0.1) is 26.2 Å².